The van der Waals surface area contributed by atoms with E-state index in [9.17, 15) is 9.59 Å². The Labute approximate surface area is 160 Å². The number of amides is 1. The Hall–Kier alpha value is -3.14. The number of nitrogens with one attached hydrogen (secondary N) is 1. The molecule has 0 aromatic heterocycles. The summed E-state index contributed by atoms with van der Waals surface area (Å²) in [5, 5.41) is 2.95. The van der Waals surface area contributed by atoms with Crippen molar-refractivity contribution in [2.75, 3.05) is 7.11 Å². The number of rotatable bonds is 7. The molecule has 0 aliphatic carbocycles. The first-order valence-electron chi connectivity index (χ1n) is 8.86. The summed E-state index contributed by atoms with van der Waals surface area (Å²) in [4.78, 5) is 24.0. The molecule has 1 N–H and O–H groups in total. The van der Waals surface area contributed by atoms with Crippen molar-refractivity contribution in [1.29, 1.82) is 0 Å². The van der Waals surface area contributed by atoms with E-state index in [-0.39, 0.29) is 5.91 Å². The first-order valence-corrected chi connectivity index (χ1v) is 8.86. The summed E-state index contributed by atoms with van der Waals surface area (Å²) < 4.78 is 4.62. The van der Waals surface area contributed by atoms with Crippen LogP contribution in [0.15, 0.2) is 60.7 Å². The van der Waals surface area contributed by atoms with Crippen LogP contribution in [-0.2, 0) is 22.5 Å². The highest BCUT2D eigenvalue weighted by Crippen LogP contribution is 2.14. The number of allylic oxidation sites excluding steroid dienone is 2. The first kappa shape index (κ1) is 20.2. The quantitative estimate of drug-likeness (QED) is 0.455. The molecule has 0 bridgehead atoms. The Morgan fingerprint density at radius 3 is 2.48 bits per heavy atom. The molecule has 0 saturated heterocycles. The Bertz CT molecular complexity index is 848. The zero-order valence-corrected chi connectivity index (χ0v) is 16.0. The summed E-state index contributed by atoms with van der Waals surface area (Å²) >= 11 is 0. The maximum absolute atomic E-state index is 12.6. The monoisotopic (exact) mass is 363 g/mol. The summed E-state index contributed by atoms with van der Waals surface area (Å²) in [5.74, 6) is -0.579. The van der Waals surface area contributed by atoms with Crippen molar-refractivity contribution in [3.63, 3.8) is 0 Å². The molecule has 0 radical (unpaired) electrons. The number of aryl methyl sites for hydroxylation is 1. The van der Waals surface area contributed by atoms with Crippen LogP contribution in [0.5, 0.6) is 0 Å². The van der Waals surface area contributed by atoms with E-state index in [1.165, 1.54) is 18.7 Å². The Balaban J connectivity index is 2.18. The van der Waals surface area contributed by atoms with Gasteiger partial charge in [-0.15, -0.1) is 0 Å². The van der Waals surface area contributed by atoms with Gasteiger partial charge >= 0.3 is 5.97 Å². The average molecular weight is 363 g/mol. The van der Waals surface area contributed by atoms with Crippen molar-refractivity contribution in [2.45, 2.75) is 26.8 Å². The molecule has 1 amide bonds. The smallest absolute Gasteiger partial charge is 0.330 e. The molecule has 0 unspecified atom stereocenters. The Morgan fingerprint density at radius 2 is 1.81 bits per heavy atom. The summed E-state index contributed by atoms with van der Waals surface area (Å²) in [7, 11) is 1.33. The van der Waals surface area contributed by atoms with E-state index in [4.69, 9.17) is 0 Å². The van der Waals surface area contributed by atoms with Crippen LogP contribution in [0.1, 0.15) is 39.5 Å². The number of ether oxygens (including phenoxy) is 1. The minimum absolute atomic E-state index is 0.148. The van der Waals surface area contributed by atoms with Gasteiger partial charge in [0.25, 0.3) is 5.91 Å². The van der Waals surface area contributed by atoms with Crippen LogP contribution < -0.4 is 5.32 Å². The number of benzene rings is 2. The van der Waals surface area contributed by atoms with Crippen LogP contribution in [0.25, 0.3) is 6.08 Å². The zero-order valence-electron chi connectivity index (χ0n) is 16.0. The van der Waals surface area contributed by atoms with Crippen molar-refractivity contribution in [2.24, 2.45) is 0 Å². The van der Waals surface area contributed by atoms with Gasteiger partial charge < -0.3 is 10.1 Å². The van der Waals surface area contributed by atoms with Crippen molar-refractivity contribution >= 4 is 18.0 Å². The summed E-state index contributed by atoms with van der Waals surface area (Å²) in [6.45, 7) is 4.45. The minimum Gasteiger partial charge on any atom is -0.466 e. The van der Waals surface area contributed by atoms with Gasteiger partial charge in [-0.3, -0.25) is 4.79 Å². The topological polar surface area (TPSA) is 55.4 Å². The molecule has 0 aliphatic heterocycles. The second kappa shape index (κ2) is 10.1. The SMILES string of the molecule is C/C=C/Cc1cc(/C=C/C(=O)OC)cc(C(=O)NCc2ccc(C)cc2)c1. The molecular weight excluding hydrogens is 338 g/mol. The predicted octanol–water partition coefficient (Wildman–Crippen LogP) is 4.23. The normalized spacial score (nSPS) is 11.1. The van der Waals surface area contributed by atoms with Gasteiger partial charge in [-0.2, -0.15) is 0 Å². The average Bonchev–Trinajstić information content (AvgIpc) is 2.69. The van der Waals surface area contributed by atoms with E-state index in [0.717, 1.165) is 16.7 Å². The van der Waals surface area contributed by atoms with E-state index in [1.807, 2.05) is 62.4 Å². The molecular formula is C23H25NO3. The Kier molecular flexibility index (Phi) is 7.56. The molecule has 4 heteroatoms. The van der Waals surface area contributed by atoms with Crippen LogP contribution in [-0.4, -0.2) is 19.0 Å². The van der Waals surface area contributed by atoms with Gasteiger partial charge in [-0.05, 0) is 55.2 Å². The van der Waals surface area contributed by atoms with Crippen LogP contribution >= 0.6 is 0 Å². The van der Waals surface area contributed by atoms with Crippen molar-refractivity contribution in [1.82, 2.24) is 5.32 Å². The van der Waals surface area contributed by atoms with Gasteiger partial charge in [0.15, 0.2) is 0 Å². The molecule has 0 heterocycles. The van der Waals surface area contributed by atoms with Crippen LogP contribution in [0.4, 0.5) is 0 Å². The molecule has 0 aliphatic rings. The molecule has 0 saturated carbocycles. The van der Waals surface area contributed by atoms with Gasteiger partial charge in [0, 0.05) is 18.2 Å². The highest BCUT2D eigenvalue weighted by atomic mass is 16.5. The molecule has 2 aromatic carbocycles. The third kappa shape index (κ3) is 6.59. The van der Waals surface area contributed by atoms with E-state index in [1.54, 1.807) is 12.1 Å². The summed E-state index contributed by atoms with van der Waals surface area (Å²) in [6, 6.07) is 13.6. The Morgan fingerprint density at radius 1 is 1.07 bits per heavy atom. The van der Waals surface area contributed by atoms with E-state index in [0.29, 0.717) is 18.5 Å². The van der Waals surface area contributed by atoms with E-state index < -0.39 is 5.97 Å². The molecule has 140 valence electrons. The van der Waals surface area contributed by atoms with Crippen molar-refractivity contribution < 1.29 is 14.3 Å². The molecule has 0 spiro atoms. The maximum atomic E-state index is 12.6. The fourth-order valence-corrected chi connectivity index (χ4v) is 2.54. The lowest BCUT2D eigenvalue weighted by atomic mass is 10.0. The van der Waals surface area contributed by atoms with Crippen LogP contribution in [0, 0.1) is 6.92 Å². The van der Waals surface area contributed by atoms with E-state index in [2.05, 4.69) is 10.1 Å². The predicted molar refractivity (Wildman–Crippen MR) is 108 cm³/mol. The molecule has 2 rings (SSSR count). The standard InChI is InChI=1S/C23H25NO3/c1-4-5-6-19-13-20(11-12-22(25)27-3)15-21(14-19)23(26)24-16-18-9-7-17(2)8-10-18/h4-5,7-15H,6,16H2,1-3H3,(H,24,26)/b5-4+,12-11+. The highest BCUT2D eigenvalue weighted by Gasteiger charge is 2.08. The summed E-state index contributed by atoms with van der Waals surface area (Å²) in [5.41, 5.74) is 4.57. The van der Waals surface area contributed by atoms with Crippen molar-refractivity contribution in [3.05, 3.63) is 88.5 Å². The van der Waals surface area contributed by atoms with Crippen LogP contribution in [0.2, 0.25) is 0 Å². The number of hydrogen-bond acceptors (Lipinski definition) is 3. The lowest BCUT2D eigenvalue weighted by Crippen LogP contribution is -2.23. The zero-order chi connectivity index (χ0) is 19.6. The van der Waals surface area contributed by atoms with Gasteiger partial charge in [0.2, 0.25) is 0 Å². The lowest BCUT2D eigenvalue weighted by molar-refractivity contribution is -0.134. The number of carbonyl (C=O) groups is 2. The number of carbonyl (C=O) groups excluding carboxylic acids is 2. The number of esters is 1. The van der Waals surface area contributed by atoms with Crippen LogP contribution in [0.3, 0.4) is 0 Å². The second-order valence-electron chi connectivity index (χ2n) is 6.26. The molecule has 2 aromatic rings. The highest BCUT2D eigenvalue weighted by molar-refractivity contribution is 5.95. The molecule has 27 heavy (non-hydrogen) atoms. The van der Waals surface area contributed by atoms with Gasteiger partial charge in [0.1, 0.15) is 0 Å². The lowest BCUT2D eigenvalue weighted by Gasteiger charge is -2.09. The largest absolute Gasteiger partial charge is 0.466 e. The fraction of sp³-hybridized carbons (Fsp3) is 0.217. The van der Waals surface area contributed by atoms with Crippen molar-refractivity contribution in [3.8, 4) is 0 Å². The summed E-state index contributed by atoms with van der Waals surface area (Å²) in [6.07, 6.45) is 7.71. The molecule has 0 fully saturated rings. The number of methoxy groups -OCH3 is 1. The minimum atomic E-state index is -0.431. The van der Waals surface area contributed by atoms with Gasteiger partial charge in [-0.25, -0.2) is 4.79 Å². The van der Waals surface area contributed by atoms with E-state index >= 15 is 0 Å². The van der Waals surface area contributed by atoms with Gasteiger partial charge in [-0.1, -0.05) is 48.0 Å². The third-order valence-corrected chi connectivity index (χ3v) is 4.05. The first-order chi connectivity index (χ1) is 13.0. The van der Waals surface area contributed by atoms with Gasteiger partial charge in [0.05, 0.1) is 7.11 Å². The number of hydrogen-bond donors (Lipinski definition) is 1. The molecule has 4 nitrogen and oxygen atoms in total. The maximum Gasteiger partial charge on any atom is 0.330 e. The second-order valence-corrected chi connectivity index (χ2v) is 6.26. The molecule has 0 atom stereocenters. The third-order valence-electron chi connectivity index (χ3n) is 4.05. The fourth-order valence-electron chi connectivity index (χ4n) is 2.54.